The number of hydrogen-bond acceptors (Lipinski definition) is 4. The maximum atomic E-state index is 13.7. The van der Waals surface area contributed by atoms with Crippen LogP contribution in [0.4, 0.5) is 15.8 Å². The molecule has 2 aromatic rings. The quantitative estimate of drug-likeness (QED) is 0.851. The van der Waals surface area contributed by atoms with E-state index in [1.165, 1.54) is 12.1 Å². The Morgan fingerprint density at radius 3 is 2.57 bits per heavy atom. The van der Waals surface area contributed by atoms with Gasteiger partial charge in [-0.15, -0.1) is 0 Å². The van der Waals surface area contributed by atoms with Crippen molar-refractivity contribution < 1.29 is 12.8 Å². The van der Waals surface area contributed by atoms with E-state index in [1.54, 1.807) is 19.1 Å². The zero-order valence-corrected chi connectivity index (χ0v) is 11.9. The molecule has 0 amide bonds. The summed E-state index contributed by atoms with van der Waals surface area (Å²) < 4.78 is 40.4. The molecule has 0 aromatic heterocycles. The van der Waals surface area contributed by atoms with Crippen LogP contribution < -0.4 is 10.5 Å². The summed E-state index contributed by atoms with van der Waals surface area (Å²) in [6.07, 6.45) is 0. The molecule has 0 unspecified atom stereocenters. The fraction of sp³-hybridized carbons (Fsp3) is 0.0714. The van der Waals surface area contributed by atoms with E-state index in [4.69, 9.17) is 11.0 Å². The zero-order valence-electron chi connectivity index (χ0n) is 11.1. The molecule has 0 aliphatic rings. The molecule has 3 N–H and O–H groups in total. The Bertz CT molecular complexity index is 842. The maximum Gasteiger partial charge on any atom is 0.264 e. The van der Waals surface area contributed by atoms with Crippen molar-refractivity contribution in [3.8, 4) is 6.07 Å². The Kier molecular flexibility index (Phi) is 3.82. The zero-order chi connectivity index (χ0) is 15.6. The number of rotatable bonds is 3. The molecule has 0 spiro atoms. The molecule has 0 aliphatic carbocycles. The van der Waals surface area contributed by atoms with Crippen LogP contribution in [0.15, 0.2) is 41.3 Å². The second-order valence-corrected chi connectivity index (χ2v) is 6.09. The molecule has 21 heavy (non-hydrogen) atoms. The van der Waals surface area contributed by atoms with Gasteiger partial charge in [0.05, 0.1) is 17.3 Å². The predicted molar refractivity (Wildman–Crippen MR) is 77.5 cm³/mol. The first-order valence-electron chi connectivity index (χ1n) is 5.92. The molecular weight excluding hydrogens is 293 g/mol. The van der Waals surface area contributed by atoms with Crippen LogP contribution in [-0.2, 0) is 10.0 Å². The molecule has 0 heterocycles. The number of nitrogens with zero attached hydrogens (tertiary/aromatic N) is 1. The molecule has 0 saturated carbocycles. The minimum Gasteiger partial charge on any atom is -0.399 e. The lowest BCUT2D eigenvalue weighted by Gasteiger charge is -2.11. The molecule has 7 heteroatoms. The van der Waals surface area contributed by atoms with Gasteiger partial charge in [-0.3, -0.25) is 4.72 Å². The van der Waals surface area contributed by atoms with Gasteiger partial charge in [0.1, 0.15) is 10.7 Å². The number of nitriles is 1. The Morgan fingerprint density at radius 1 is 1.24 bits per heavy atom. The first kappa shape index (κ1) is 14.8. The second kappa shape index (κ2) is 5.42. The van der Waals surface area contributed by atoms with E-state index in [-0.39, 0.29) is 11.4 Å². The molecule has 0 radical (unpaired) electrons. The molecule has 2 aromatic carbocycles. The molecule has 0 bridgehead atoms. The van der Waals surface area contributed by atoms with Crippen LogP contribution in [0.1, 0.15) is 11.1 Å². The Morgan fingerprint density at radius 2 is 1.95 bits per heavy atom. The summed E-state index contributed by atoms with van der Waals surface area (Å²) >= 11 is 0. The molecular formula is C14H12FN3O2S. The summed E-state index contributed by atoms with van der Waals surface area (Å²) in [6, 6.07) is 9.81. The number of benzene rings is 2. The van der Waals surface area contributed by atoms with Crippen molar-refractivity contribution in [2.24, 2.45) is 0 Å². The second-order valence-electron chi connectivity index (χ2n) is 4.44. The average molecular weight is 305 g/mol. The van der Waals surface area contributed by atoms with Crippen LogP contribution in [0, 0.1) is 24.1 Å². The van der Waals surface area contributed by atoms with Crippen LogP contribution >= 0.6 is 0 Å². The summed E-state index contributed by atoms with van der Waals surface area (Å²) in [7, 11) is -4.10. The van der Waals surface area contributed by atoms with Crippen LogP contribution in [0.3, 0.4) is 0 Å². The topological polar surface area (TPSA) is 96.0 Å². The van der Waals surface area contributed by atoms with Crippen molar-refractivity contribution in [2.45, 2.75) is 11.8 Å². The van der Waals surface area contributed by atoms with Gasteiger partial charge in [0, 0.05) is 5.69 Å². The molecule has 108 valence electrons. The minimum atomic E-state index is -4.10. The number of sulfonamides is 1. The monoisotopic (exact) mass is 305 g/mol. The maximum absolute atomic E-state index is 13.7. The van der Waals surface area contributed by atoms with Crippen molar-refractivity contribution in [3.63, 3.8) is 0 Å². The third-order valence-corrected chi connectivity index (χ3v) is 4.26. The highest BCUT2D eigenvalue weighted by atomic mass is 32.2. The van der Waals surface area contributed by atoms with Crippen LogP contribution in [0.2, 0.25) is 0 Å². The van der Waals surface area contributed by atoms with E-state index in [2.05, 4.69) is 4.72 Å². The van der Waals surface area contributed by atoms with Gasteiger partial charge in [-0.05, 0) is 42.8 Å². The number of nitrogens with one attached hydrogen (secondary N) is 1. The normalized spacial score (nSPS) is 10.9. The van der Waals surface area contributed by atoms with Gasteiger partial charge < -0.3 is 5.73 Å². The van der Waals surface area contributed by atoms with E-state index in [0.29, 0.717) is 11.1 Å². The summed E-state index contributed by atoms with van der Waals surface area (Å²) in [5.74, 6) is -0.934. The van der Waals surface area contributed by atoms with Crippen LogP contribution in [0.25, 0.3) is 0 Å². The lowest BCUT2D eigenvalue weighted by Crippen LogP contribution is -2.15. The Hall–Kier alpha value is -2.59. The highest BCUT2D eigenvalue weighted by Crippen LogP contribution is 2.23. The van der Waals surface area contributed by atoms with E-state index >= 15 is 0 Å². The highest BCUT2D eigenvalue weighted by Gasteiger charge is 2.20. The van der Waals surface area contributed by atoms with Gasteiger partial charge >= 0.3 is 0 Å². The van der Waals surface area contributed by atoms with Gasteiger partial charge in [-0.25, -0.2) is 12.8 Å². The van der Waals surface area contributed by atoms with Crippen molar-refractivity contribution in [3.05, 3.63) is 53.3 Å². The van der Waals surface area contributed by atoms with E-state index in [0.717, 1.165) is 12.1 Å². The largest absolute Gasteiger partial charge is 0.399 e. The Labute approximate surface area is 121 Å². The predicted octanol–water partition coefficient (Wildman–Crippen LogP) is 2.39. The fourth-order valence-corrected chi connectivity index (χ4v) is 2.92. The van der Waals surface area contributed by atoms with Gasteiger partial charge in [0.15, 0.2) is 0 Å². The number of nitrogen functional groups attached to an aromatic ring is 1. The lowest BCUT2D eigenvalue weighted by molar-refractivity contribution is 0.571. The third-order valence-electron chi connectivity index (χ3n) is 2.86. The Balaban J connectivity index is 2.45. The highest BCUT2D eigenvalue weighted by molar-refractivity contribution is 7.92. The smallest absolute Gasteiger partial charge is 0.264 e. The van der Waals surface area contributed by atoms with Crippen LogP contribution in [0.5, 0.6) is 0 Å². The molecule has 5 nitrogen and oxygen atoms in total. The summed E-state index contributed by atoms with van der Waals surface area (Å²) in [5.41, 5.74) is 6.68. The first-order valence-corrected chi connectivity index (χ1v) is 7.40. The molecule has 0 aliphatic heterocycles. The van der Waals surface area contributed by atoms with E-state index in [1.807, 2.05) is 6.07 Å². The lowest BCUT2D eigenvalue weighted by atomic mass is 10.1. The fourth-order valence-electron chi connectivity index (χ4n) is 1.74. The van der Waals surface area contributed by atoms with E-state index in [9.17, 15) is 12.8 Å². The van der Waals surface area contributed by atoms with Crippen molar-refractivity contribution >= 4 is 21.4 Å². The van der Waals surface area contributed by atoms with Crippen molar-refractivity contribution in [1.29, 1.82) is 5.26 Å². The third kappa shape index (κ3) is 3.12. The molecule has 0 saturated heterocycles. The number of aryl methyl sites for hydroxylation is 1. The number of anilines is 2. The van der Waals surface area contributed by atoms with Gasteiger partial charge in [-0.2, -0.15) is 5.26 Å². The summed E-state index contributed by atoms with van der Waals surface area (Å²) in [5, 5.41) is 8.84. The van der Waals surface area contributed by atoms with Gasteiger partial charge in [0.2, 0.25) is 0 Å². The standard InChI is InChI=1S/C14H12FN3O2S/c1-9-2-3-10(8-16)6-13(9)18-21(19,20)14-5-4-11(17)7-12(14)15/h2-7,18H,17H2,1H3. The average Bonchev–Trinajstić information content (AvgIpc) is 2.40. The number of halogens is 1. The number of nitrogens with two attached hydrogens (primary N) is 1. The van der Waals surface area contributed by atoms with Crippen LogP contribution in [-0.4, -0.2) is 8.42 Å². The number of hydrogen-bond donors (Lipinski definition) is 2. The molecule has 0 fully saturated rings. The summed E-state index contributed by atoms with van der Waals surface area (Å²) in [4.78, 5) is -0.501. The molecule has 0 atom stereocenters. The van der Waals surface area contributed by atoms with Gasteiger partial charge in [-0.1, -0.05) is 6.07 Å². The molecule has 2 rings (SSSR count). The first-order chi connectivity index (χ1) is 9.83. The van der Waals surface area contributed by atoms with Crippen molar-refractivity contribution in [2.75, 3.05) is 10.5 Å². The SMILES string of the molecule is Cc1ccc(C#N)cc1NS(=O)(=O)c1ccc(N)cc1F. The minimum absolute atomic E-state index is 0.133. The van der Waals surface area contributed by atoms with Gasteiger partial charge in [0.25, 0.3) is 10.0 Å². The summed E-state index contributed by atoms with van der Waals surface area (Å²) in [6.45, 7) is 1.68. The van der Waals surface area contributed by atoms with Crippen molar-refractivity contribution in [1.82, 2.24) is 0 Å². The van der Waals surface area contributed by atoms with E-state index < -0.39 is 20.7 Å².